The van der Waals surface area contributed by atoms with Gasteiger partial charge in [0.15, 0.2) is 5.78 Å². The lowest BCUT2D eigenvalue weighted by molar-refractivity contribution is 0.0982. The SMILES string of the molecule is Cc1ncc(C(=O)C(C#N)c2ccc(F)cc2Cl)s1. The number of carbonyl (C=O) groups is 1. The number of aryl methyl sites for hydroxylation is 1. The molecule has 96 valence electrons. The molecule has 2 rings (SSSR count). The Bertz CT molecular complexity index is 678. The van der Waals surface area contributed by atoms with E-state index < -0.39 is 11.7 Å². The molecule has 0 N–H and O–H groups in total. The van der Waals surface area contributed by atoms with E-state index in [-0.39, 0.29) is 10.8 Å². The number of hydrogen-bond acceptors (Lipinski definition) is 4. The zero-order valence-corrected chi connectivity index (χ0v) is 11.4. The first-order valence-corrected chi connectivity index (χ1v) is 6.53. The molecule has 1 aromatic heterocycles. The third-order valence-corrected chi connectivity index (χ3v) is 3.78. The molecule has 1 aromatic carbocycles. The molecule has 0 fully saturated rings. The first-order valence-electron chi connectivity index (χ1n) is 5.34. The quantitative estimate of drug-likeness (QED) is 0.810. The smallest absolute Gasteiger partial charge is 0.196 e. The first-order chi connectivity index (χ1) is 9.02. The van der Waals surface area contributed by atoms with Crippen molar-refractivity contribution in [2.45, 2.75) is 12.8 Å². The van der Waals surface area contributed by atoms with Crippen molar-refractivity contribution in [1.29, 1.82) is 5.26 Å². The molecule has 0 amide bonds. The molecular weight excluding hydrogens is 287 g/mol. The van der Waals surface area contributed by atoms with Gasteiger partial charge >= 0.3 is 0 Å². The number of hydrogen-bond donors (Lipinski definition) is 0. The van der Waals surface area contributed by atoms with Gasteiger partial charge in [0.2, 0.25) is 0 Å². The van der Waals surface area contributed by atoms with Crippen LogP contribution in [0.4, 0.5) is 4.39 Å². The summed E-state index contributed by atoms with van der Waals surface area (Å²) in [7, 11) is 0. The third-order valence-electron chi connectivity index (χ3n) is 2.53. The van der Waals surface area contributed by atoms with Crippen LogP contribution in [0.3, 0.4) is 0 Å². The van der Waals surface area contributed by atoms with Gasteiger partial charge in [0, 0.05) is 11.2 Å². The molecule has 0 bridgehead atoms. The number of ketones is 1. The van der Waals surface area contributed by atoms with E-state index in [1.807, 2.05) is 6.07 Å². The van der Waals surface area contributed by atoms with Crippen LogP contribution in [0.15, 0.2) is 24.4 Å². The molecule has 1 atom stereocenters. The van der Waals surface area contributed by atoms with Gasteiger partial charge in [0.05, 0.1) is 16.0 Å². The highest BCUT2D eigenvalue weighted by Crippen LogP contribution is 2.29. The maximum absolute atomic E-state index is 13.0. The Balaban J connectivity index is 2.40. The molecule has 3 nitrogen and oxygen atoms in total. The standard InChI is InChI=1S/C13H8ClFN2OS/c1-7-17-6-12(19-7)13(18)10(5-16)9-3-2-8(15)4-11(9)14/h2-4,6,10H,1H3. The summed E-state index contributed by atoms with van der Waals surface area (Å²) in [5.74, 6) is -1.93. The number of aromatic nitrogens is 1. The molecule has 0 radical (unpaired) electrons. The maximum Gasteiger partial charge on any atom is 0.196 e. The molecule has 2 aromatic rings. The maximum atomic E-state index is 13.0. The van der Waals surface area contributed by atoms with Crippen LogP contribution in [-0.4, -0.2) is 10.8 Å². The largest absolute Gasteiger partial charge is 0.291 e. The number of benzene rings is 1. The average molecular weight is 295 g/mol. The number of carbonyl (C=O) groups excluding carboxylic acids is 1. The van der Waals surface area contributed by atoms with E-state index >= 15 is 0 Å². The molecule has 0 aliphatic rings. The summed E-state index contributed by atoms with van der Waals surface area (Å²) >= 11 is 7.10. The summed E-state index contributed by atoms with van der Waals surface area (Å²) in [6.45, 7) is 1.77. The van der Waals surface area contributed by atoms with Gasteiger partial charge in [0.25, 0.3) is 0 Å². The van der Waals surface area contributed by atoms with Crippen molar-refractivity contribution in [2.24, 2.45) is 0 Å². The molecule has 19 heavy (non-hydrogen) atoms. The Hall–Kier alpha value is -1.77. The Labute approximate surface area is 118 Å². The van der Waals surface area contributed by atoms with Crippen molar-refractivity contribution >= 4 is 28.7 Å². The molecule has 6 heteroatoms. The normalized spacial score (nSPS) is 11.9. The lowest BCUT2D eigenvalue weighted by Crippen LogP contribution is -2.10. The summed E-state index contributed by atoms with van der Waals surface area (Å²) < 4.78 is 13.0. The zero-order chi connectivity index (χ0) is 14.0. The molecule has 1 heterocycles. The highest BCUT2D eigenvalue weighted by molar-refractivity contribution is 7.13. The average Bonchev–Trinajstić information content (AvgIpc) is 2.79. The first kappa shape index (κ1) is 13.7. The van der Waals surface area contributed by atoms with Crippen molar-refractivity contribution in [3.05, 3.63) is 50.7 Å². The van der Waals surface area contributed by atoms with Crippen molar-refractivity contribution in [2.75, 3.05) is 0 Å². The van der Waals surface area contributed by atoms with E-state index in [9.17, 15) is 14.4 Å². The Morgan fingerprint density at radius 2 is 2.32 bits per heavy atom. The number of nitriles is 1. The fraction of sp³-hybridized carbons (Fsp3) is 0.154. The van der Waals surface area contributed by atoms with E-state index in [0.717, 1.165) is 11.1 Å². The molecule has 0 aliphatic carbocycles. The lowest BCUT2D eigenvalue weighted by atomic mass is 9.95. The summed E-state index contributed by atoms with van der Waals surface area (Å²) in [4.78, 5) is 16.6. The van der Waals surface area contributed by atoms with Gasteiger partial charge in [-0.15, -0.1) is 11.3 Å². The van der Waals surface area contributed by atoms with Crippen LogP contribution < -0.4 is 0 Å². The minimum Gasteiger partial charge on any atom is -0.291 e. The monoisotopic (exact) mass is 294 g/mol. The van der Waals surface area contributed by atoms with Gasteiger partial charge in [-0.05, 0) is 24.6 Å². The Kier molecular flexibility index (Phi) is 3.93. The van der Waals surface area contributed by atoms with E-state index in [2.05, 4.69) is 4.98 Å². The van der Waals surface area contributed by atoms with Crippen LogP contribution >= 0.6 is 22.9 Å². The lowest BCUT2D eigenvalue weighted by Gasteiger charge is -2.09. The van der Waals surface area contributed by atoms with Gasteiger partial charge in [0.1, 0.15) is 11.7 Å². The van der Waals surface area contributed by atoms with Gasteiger partial charge in [-0.1, -0.05) is 17.7 Å². The van der Waals surface area contributed by atoms with E-state index in [4.69, 9.17) is 11.6 Å². The summed E-state index contributed by atoms with van der Waals surface area (Å²) in [5.41, 5.74) is 0.307. The van der Waals surface area contributed by atoms with Crippen molar-refractivity contribution in [1.82, 2.24) is 4.98 Å². The summed E-state index contributed by atoms with van der Waals surface area (Å²) in [5, 5.41) is 9.98. The number of Topliss-reactive ketones (excluding diaryl/α,β-unsaturated/α-hetero) is 1. The van der Waals surface area contributed by atoms with Crippen LogP contribution in [0.1, 0.15) is 26.2 Å². The van der Waals surface area contributed by atoms with Crippen LogP contribution in [-0.2, 0) is 0 Å². The fourth-order valence-corrected chi connectivity index (χ4v) is 2.65. The Morgan fingerprint density at radius 3 is 2.84 bits per heavy atom. The predicted molar refractivity (Wildman–Crippen MR) is 70.9 cm³/mol. The summed E-state index contributed by atoms with van der Waals surface area (Å²) in [6.07, 6.45) is 1.43. The minimum absolute atomic E-state index is 0.0705. The van der Waals surface area contributed by atoms with Crippen LogP contribution in [0.25, 0.3) is 0 Å². The van der Waals surface area contributed by atoms with Crippen LogP contribution in [0, 0.1) is 24.1 Å². The predicted octanol–water partition coefficient (Wildman–Crippen LogP) is 3.73. The van der Waals surface area contributed by atoms with E-state index in [1.165, 1.54) is 29.7 Å². The van der Waals surface area contributed by atoms with Gasteiger partial charge in [-0.2, -0.15) is 5.26 Å². The zero-order valence-electron chi connectivity index (χ0n) is 9.85. The minimum atomic E-state index is -1.05. The molecule has 0 spiro atoms. The van der Waals surface area contributed by atoms with Crippen LogP contribution in [0.5, 0.6) is 0 Å². The molecular formula is C13H8ClFN2OS. The molecule has 1 unspecified atom stereocenters. The van der Waals surface area contributed by atoms with Gasteiger partial charge < -0.3 is 0 Å². The van der Waals surface area contributed by atoms with Crippen molar-refractivity contribution in [3.8, 4) is 6.07 Å². The molecule has 0 saturated heterocycles. The number of thiazole rings is 1. The van der Waals surface area contributed by atoms with Crippen LogP contribution in [0.2, 0.25) is 5.02 Å². The highest BCUT2D eigenvalue weighted by Gasteiger charge is 2.25. The van der Waals surface area contributed by atoms with Gasteiger partial charge in [-0.25, -0.2) is 9.37 Å². The van der Waals surface area contributed by atoms with Crippen molar-refractivity contribution < 1.29 is 9.18 Å². The Morgan fingerprint density at radius 1 is 1.58 bits per heavy atom. The topological polar surface area (TPSA) is 53.8 Å². The summed E-state index contributed by atoms with van der Waals surface area (Å²) in [6, 6.07) is 5.53. The molecule has 0 aliphatic heterocycles. The number of nitrogens with zero attached hydrogens (tertiary/aromatic N) is 2. The van der Waals surface area contributed by atoms with Gasteiger partial charge in [-0.3, -0.25) is 4.79 Å². The number of rotatable bonds is 3. The number of halogens is 2. The van der Waals surface area contributed by atoms with E-state index in [0.29, 0.717) is 10.4 Å². The second kappa shape index (κ2) is 5.47. The second-order valence-corrected chi connectivity index (χ2v) is 5.48. The fourth-order valence-electron chi connectivity index (χ4n) is 1.62. The second-order valence-electron chi connectivity index (χ2n) is 3.84. The highest BCUT2D eigenvalue weighted by atomic mass is 35.5. The van der Waals surface area contributed by atoms with E-state index in [1.54, 1.807) is 6.92 Å². The van der Waals surface area contributed by atoms with Crippen molar-refractivity contribution in [3.63, 3.8) is 0 Å². The molecule has 0 saturated carbocycles. The third kappa shape index (κ3) is 2.80.